The molecule has 0 N–H and O–H groups in total. The van der Waals surface area contributed by atoms with E-state index in [2.05, 4.69) is 4.98 Å². The molecule has 1 saturated heterocycles. The van der Waals surface area contributed by atoms with Crippen molar-refractivity contribution in [3.63, 3.8) is 0 Å². The quantitative estimate of drug-likeness (QED) is 0.498. The lowest BCUT2D eigenvalue weighted by Gasteiger charge is -2.33. The van der Waals surface area contributed by atoms with E-state index in [0.717, 1.165) is 21.7 Å². The van der Waals surface area contributed by atoms with Crippen LogP contribution in [-0.2, 0) is 10.0 Å². The molecule has 5 rings (SSSR count). The molecule has 1 aliphatic rings. The summed E-state index contributed by atoms with van der Waals surface area (Å²) in [6, 6.07) is 24.1. The Balaban J connectivity index is 1.32. The van der Waals surface area contributed by atoms with Crippen LogP contribution in [0.3, 0.4) is 0 Å². The maximum absolute atomic E-state index is 13.1. The predicted molar refractivity (Wildman–Crippen MR) is 120 cm³/mol. The lowest BCUT2D eigenvalue weighted by Crippen LogP contribution is -2.50. The second-order valence-corrected chi connectivity index (χ2v) is 9.53. The van der Waals surface area contributed by atoms with Gasteiger partial charge >= 0.3 is 0 Å². The average Bonchev–Trinajstić information content (AvgIpc) is 2.83. The molecule has 3 aromatic carbocycles. The van der Waals surface area contributed by atoms with E-state index >= 15 is 0 Å². The average molecular weight is 432 g/mol. The third kappa shape index (κ3) is 3.66. The summed E-state index contributed by atoms with van der Waals surface area (Å²) in [5.41, 5.74) is 1.15. The van der Waals surface area contributed by atoms with Gasteiger partial charge in [0.2, 0.25) is 10.0 Å². The Kier molecular flexibility index (Phi) is 4.92. The fourth-order valence-corrected chi connectivity index (χ4v) is 5.41. The number of carbonyl (C=O) groups is 1. The summed E-state index contributed by atoms with van der Waals surface area (Å²) in [5.74, 6) is -0.173. The monoisotopic (exact) mass is 431 g/mol. The minimum Gasteiger partial charge on any atom is -0.335 e. The number of aromatic nitrogens is 1. The molecule has 0 saturated carbocycles. The maximum atomic E-state index is 13.1. The first kappa shape index (κ1) is 19.7. The highest BCUT2D eigenvalue weighted by molar-refractivity contribution is 7.89. The van der Waals surface area contributed by atoms with Crippen molar-refractivity contribution in [3.8, 4) is 0 Å². The summed E-state index contributed by atoms with van der Waals surface area (Å²) in [7, 11) is -3.62. The van der Waals surface area contributed by atoms with Crippen molar-refractivity contribution < 1.29 is 13.2 Å². The van der Waals surface area contributed by atoms with Crippen LogP contribution in [0.15, 0.2) is 83.8 Å². The number of fused-ring (bicyclic) bond motifs is 2. The van der Waals surface area contributed by atoms with Crippen molar-refractivity contribution in [1.29, 1.82) is 0 Å². The molecule has 31 heavy (non-hydrogen) atoms. The van der Waals surface area contributed by atoms with E-state index in [-0.39, 0.29) is 23.9 Å². The molecule has 1 fully saturated rings. The van der Waals surface area contributed by atoms with Gasteiger partial charge in [-0.15, -0.1) is 0 Å². The van der Waals surface area contributed by atoms with Gasteiger partial charge in [0.05, 0.1) is 10.4 Å². The number of amides is 1. The van der Waals surface area contributed by atoms with Gasteiger partial charge in [-0.3, -0.25) is 4.79 Å². The van der Waals surface area contributed by atoms with Gasteiger partial charge in [0, 0.05) is 31.6 Å². The largest absolute Gasteiger partial charge is 0.335 e. The zero-order valence-corrected chi connectivity index (χ0v) is 17.6. The summed E-state index contributed by atoms with van der Waals surface area (Å²) < 4.78 is 27.7. The minimum atomic E-state index is -3.62. The van der Waals surface area contributed by atoms with Gasteiger partial charge in [-0.05, 0) is 35.0 Å². The normalized spacial score (nSPS) is 15.4. The van der Waals surface area contributed by atoms with Crippen LogP contribution in [0.25, 0.3) is 21.7 Å². The van der Waals surface area contributed by atoms with Crippen LogP contribution in [0.2, 0.25) is 0 Å². The summed E-state index contributed by atoms with van der Waals surface area (Å²) in [5, 5.41) is 2.87. The van der Waals surface area contributed by atoms with Crippen LogP contribution in [0.4, 0.5) is 0 Å². The van der Waals surface area contributed by atoms with E-state index in [9.17, 15) is 13.2 Å². The number of sulfonamides is 1. The first-order valence-electron chi connectivity index (χ1n) is 10.2. The number of nitrogens with zero attached hydrogens (tertiary/aromatic N) is 3. The van der Waals surface area contributed by atoms with Crippen LogP contribution >= 0.6 is 0 Å². The van der Waals surface area contributed by atoms with E-state index in [1.54, 1.807) is 23.1 Å². The van der Waals surface area contributed by atoms with Crippen LogP contribution in [0.1, 0.15) is 10.5 Å². The van der Waals surface area contributed by atoms with Crippen molar-refractivity contribution in [2.45, 2.75) is 4.90 Å². The molecule has 0 unspecified atom stereocenters. The molecular weight excluding hydrogens is 410 g/mol. The van der Waals surface area contributed by atoms with Gasteiger partial charge < -0.3 is 4.90 Å². The van der Waals surface area contributed by atoms with Crippen molar-refractivity contribution in [2.24, 2.45) is 0 Å². The second-order valence-electron chi connectivity index (χ2n) is 7.59. The van der Waals surface area contributed by atoms with Crippen LogP contribution in [0, 0.1) is 0 Å². The number of piperazine rings is 1. The van der Waals surface area contributed by atoms with E-state index in [1.165, 1.54) is 4.31 Å². The Morgan fingerprint density at radius 3 is 2.16 bits per heavy atom. The molecule has 1 aromatic heterocycles. The number of carbonyl (C=O) groups excluding carboxylic acids is 1. The molecule has 2 heterocycles. The molecule has 0 bridgehead atoms. The van der Waals surface area contributed by atoms with Crippen molar-refractivity contribution >= 4 is 37.6 Å². The molecule has 156 valence electrons. The molecule has 0 aliphatic carbocycles. The summed E-state index contributed by atoms with van der Waals surface area (Å²) >= 11 is 0. The third-order valence-electron chi connectivity index (χ3n) is 5.70. The first-order valence-corrected chi connectivity index (χ1v) is 11.6. The number of para-hydroxylation sites is 1. The van der Waals surface area contributed by atoms with Crippen LogP contribution in [-0.4, -0.2) is 54.7 Å². The van der Waals surface area contributed by atoms with Gasteiger partial charge in [-0.25, -0.2) is 13.4 Å². The second kappa shape index (κ2) is 7.76. The third-order valence-corrected chi connectivity index (χ3v) is 7.60. The van der Waals surface area contributed by atoms with E-state index in [4.69, 9.17) is 0 Å². The highest BCUT2D eigenvalue weighted by Gasteiger charge is 2.31. The SMILES string of the molecule is O=C(c1ccc2ccccc2n1)N1CCN(S(=O)(=O)c2ccc3ccccc3c2)CC1. The Labute approximate surface area is 180 Å². The Morgan fingerprint density at radius 1 is 0.742 bits per heavy atom. The first-order chi connectivity index (χ1) is 15.0. The number of hydrogen-bond acceptors (Lipinski definition) is 4. The number of rotatable bonds is 3. The van der Waals surface area contributed by atoms with Crippen molar-refractivity contribution in [3.05, 3.63) is 84.6 Å². The fraction of sp³-hybridized carbons (Fsp3) is 0.167. The molecule has 6 nitrogen and oxygen atoms in total. The Hall–Kier alpha value is -3.29. The molecule has 0 spiro atoms. The van der Waals surface area contributed by atoms with Crippen LogP contribution < -0.4 is 0 Å². The summed E-state index contributed by atoms with van der Waals surface area (Å²) in [6.07, 6.45) is 0. The molecule has 1 aliphatic heterocycles. The highest BCUT2D eigenvalue weighted by Crippen LogP contribution is 2.23. The Bertz CT molecular complexity index is 1390. The molecule has 7 heteroatoms. The molecule has 0 radical (unpaired) electrons. The van der Waals surface area contributed by atoms with Crippen LogP contribution in [0.5, 0.6) is 0 Å². The van der Waals surface area contributed by atoms with Crippen molar-refractivity contribution in [2.75, 3.05) is 26.2 Å². The lowest BCUT2D eigenvalue weighted by molar-refractivity contribution is 0.0692. The standard InChI is InChI=1S/C24H21N3O3S/c28-24(23-12-10-19-6-3-4-8-22(19)25-23)26-13-15-27(16-14-26)31(29,30)21-11-9-18-5-1-2-7-20(18)17-21/h1-12,17H,13-16H2. The fourth-order valence-electron chi connectivity index (χ4n) is 3.96. The van der Waals surface area contributed by atoms with E-state index in [1.807, 2.05) is 60.7 Å². The number of hydrogen-bond donors (Lipinski definition) is 0. The highest BCUT2D eigenvalue weighted by atomic mass is 32.2. The molecule has 4 aromatic rings. The predicted octanol–water partition coefficient (Wildman–Crippen LogP) is 3.53. The number of benzene rings is 3. The molecular formula is C24H21N3O3S. The van der Waals surface area contributed by atoms with Gasteiger partial charge in [-0.2, -0.15) is 4.31 Å². The smallest absolute Gasteiger partial charge is 0.272 e. The van der Waals surface area contributed by atoms with Gasteiger partial charge in [0.15, 0.2) is 0 Å². The molecule has 0 atom stereocenters. The van der Waals surface area contributed by atoms with Gasteiger partial charge in [0.25, 0.3) is 5.91 Å². The Morgan fingerprint density at radius 2 is 1.39 bits per heavy atom. The zero-order chi connectivity index (χ0) is 21.4. The van der Waals surface area contributed by atoms with Crippen molar-refractivity contribution in [1.82, 2.24) is 14.2 Å². The number of pyridine rings is 1. The topological polar surface area (TPSA) is 70.6 Å². The van der Waals surface area contributed by atoms with E-state index in [0.29, 0.717) is 18.8 Å². The summed E-state index contributed by atoms with van der Waals surface area (Å²) in [4.78, 5) is 19.3. The van der Waals surface area contributed by atoms with Gasteiger partial charge in [-0.1, -0.05) is 54.6 Å². The van der Waals surface area contributed by atoms with Gasteiger partial charge in [0.1, 0.15) is 5.69 Å². The zero-order valence-electron chi connectivity index (χ0n) is 16.8. The van der Waals surface area contributed by atoms with E-state index < -0.39 is 10.0 Å². The molecule has 1 amide bonds. The maximum Gasteiger partial charge on any atom is 0.272 e. The lowest BCUT2D eigenvalue weighted by atomic mass is 10.1. The summed E-state index contributed by atoms with van der Waals surface area (Å²) in [6.45, 7) is 1.18. The minimum absolute atomic E-state index is 0.173.